The van der Waals surface area contributed by atoms with E-state index in [2.05, 4.69) is 15.6 Å². The predicted molar refractivity (Wildman–Crippen MR) is 119 cm³/mol. The van der Waals surface area contributed by atoms with E-state index in [-0.39, 0.29) is 24.5 Å². The summed E-state index contributed by atoms with van der Waals surface area (Å²) in [6.07, 6.45) is 1.48. The Labute approximate surface area is 188 Å². The number of thiazole rings is 1. The van der Waals surface area contributed by atoms with Gasteiger partial charge in [-0.2, -0.15) is 0 Å². The average molecular weight is 452 g/mol. The Hall–Kier alpha value is -3.59. The van der Waals surface area contributed by atoms with Crippen LogP contribution < -0.4 is 24.8 Å². The molecule has 0 saturated heterocycles. The van der Waals surface area contributed by atoms with Crippen molar-refractivity contribution >= 4 is 28.3 Å². The lowest BCUT2D eigenvalue weighted by Crippen LogP contribution is -2.28. The van der Waals surface area contributed by atoms with Gasteiger partial charge in [0.05, 0.1) is 18.7 Å². The third-order valence-corrected chi connectivity index (χ3v) is 6.54. The van der Waals surface area contributed by atoms with Crippen molar-refractivity contribution in [2.45, 2.75) is 25.3 Å². The first kappa shape index (κ1) is 20.3. The summed E-state index contributed by atoms with van der Waals surface area (Å²) in [5.74, 6) is 1.26. The number of ether oxygens (including phenoxy) is 3. The molecule has 1 atom stereocenters. The first-order valence-electron chi connectivity index (χ1n) is 10.2. The Balaban J connectivity index is 1.23. The van der Waals surface area contributed by atoms with Crippen molar-refractivity contribution in [2.24, 2.45) is 0 Å². The lowest BCUT2D eigenvalue weighted by Gasteiger charge is -2.11. The number of amides is 2. The number of rotatable bonds is 6. The average Bonchev–Trinajstić information content (AvgIpc) is 3.52. The molecule has 3 aromatic rings. The second kappa shape index (κ2) is 8.51. The molecule has 0 fully saturated rings. The van der Waals surface area contributed by atoms with Crippen LogP contribution in [0.1, 0.15) is 38.8 Å². The maximum atomic E-state index is 12.8. The van der Waals surface area contributed by atoms with Gasteiger partial charge < -0.3 is 19.5 Å². The topological polar surface area (TPSA) is 98.8 Å². The number of anilines is 1. The van der Waals surface area contributed by atoms with Crippen molar-refractivity contribution < 1.29 is 23.8 Å². The zero-order valence-electron chi connectivity index (χ0n) is 17.3. The minimum absolute atomic E-state index is 0.0643. The summed E-state index contributed by atoms with van der Waals surface area (Å²) in [7, 11) is 1.61. The Morgan fingerprint density at radius 3 is 2.94 bits per heavy atom. The van der Waals surface area contributed by atoms with Gasteiger partial charge in [0.15, 0.2) is 16.6 Å². The first-order chi connectivity index (χ1) is 15.6. The van der Waals surface area contributed by atoms with Crippen molar-refractivity contribution in [2.75, 3.05) is 19.2 Å². The van der Waals surface area contributed by atoms with Crippen LogP contribution in [0.4, 0.5) is 5.13 Å². The fourth-order valence-electron chi connectivity index (χ4n) is 3.84. The van der Waals surface area contributed by atoms with Crippen LogP contribution in [-0.4, -0.2) is 30.7 Å². The van der Waals surface area contributed by atoms with Crippen LogP contribution in [0.5, 0.6) is 17.2 Å². The van der Waals surface area contributed by atoms with E-state index in [1.165, 1.54) is 11.3 Å². The summed E-state index contributed by atoms with van der Waals surface area (Å²) < 4.78 is 15.8. The van der Waals surface area contributed by atoms with Crippen molar-refractivity contribution in [1.29, 1.82) is 0 Å². The fourth-order valence-corrected chi connectivity index (χ4v) is 4.87. The van der Waals surface area contributed by atoms with Crippen molar-refractivity contribution in [1.82, 2.24) is 10.3 Å². The molecule has 0 spiro atoms. The van der Waals surface area contributed by atoms with Crippen LogP contribution in [0.2, 0.25) is 0 Å². The molecule has 32 heavy (non-hydrogen) atoms. The zero-order valence-corrected chi connectivity index (χ0v) is 18.2. The lowest BCUT2D eigenvalue weighted by atomic mass is 10.1. The molecule has 2 heterocycles. The lowest BCUT2D eigenvalue weighted by molar-refractivity contribution is -0.122. The van der Waals surface area contributed by atoms with Gasteiger partial charge in [0.1, 0.15) is 5.75 Å². The Morgan fingerprint density at radius 2 is 2.06 bits per heavy atom. The molecule has 0 radical (unpaired) electrons. The molecule has 164 valence electrons. The summed E-state index contributed by atoms with van der Waals surface area (Å²) in [6, 6.07) is 12.6. The SMILES string of the molecule is COc1cccc(CNC(=O)C2CCc3sc(NC(=O)c4ccc5c(c4)OCO5)nc32)c1. The van der Waals surface area contributed by atoms with Gasteiger partial charge in [0.2, 0.25) is 12.7 Å². The summed E-state index contributed by atoms with van der Waals surface area (Å²) in [5, 5.41) is 6.31. The second-order valence-electron chi connectivity index (χ2n) is 7.51. The molecule has 1 aliphatic carbocycles. The highest BCUT2D eigenvalue weighted by Gasteiger charge is 2.32. The van der Waals surface area contributed by atoms with Crippen molar-refractivity contribution in [3.63, 3.8) is 0 Å². The van der Waals surface area contributed by atoms with E-state index in [1.54, 1.807) is 25.3 Å². The molecule has 2 aliphatic rings. The highest BCUT2D eigenvalue weighted by atomic mass is 32.1. The molecule has 1 aliphatic heterocycles. The minimum Gasteiger partial charge on any atom is -0.497 e. The van der Waals surface area contributed by atoms with Gasteiger partial charge in [0, 0.05) is 17.0 Å². The number of hydrogen-bond donors (Lipinski definition) is 2. The molecular weight excluding hydrogens is 430 g/mol. The number of fused-ring (bicyclic) bond motifs is 2. The van der Waals surface area contributed by atoms with Crippen molar-refractivity contribution in [3.8, 4) is 17.2 Å². The number of carbonyl (C=O) groups is 2. The third kappa shape index (κ3) is 3.99. The van der Waals surface area contributed by atoms with Gasteiger partial charge in [0.25, 0.3) is 5.91 Å². The smallest absolute Gasteiger partial charge is 0.257 e. The molecule has 1 unspecified atom stereocenters. The molecular formula is C23H21N3O5S. The van der Waals surface area contributed by atoms with Gasteiger partial charge in [-0.15, -0.1) is 11.3 Å². The minimum atomic E-state index is -0.317. The van der Waals surface area contributed by atoms with E-state index in [9.17, 15) is 9.59 Å². The number of aryl methyl sites for hydroxylation is 1. The summed E-state index contributed by atoms with van der Waals surface area (Å²) >= 11 is 1.42. The quantitative estimate of drug-likeness (QED) is 0.595. The van der Waals surface area contributed by atoms with Gasteiger partial charge in [-0.1, -0.05) is 12.1 Å². The number of hydrogen-bond acceptors (Lipinski definition) is 7. The van der Waals surface area contributed by atoms with Crippen LogP contribution >= 0.6 is 11.3 Å². The maximum Gasteiger partial charge on any atom is 0.257 e. The molecule has 2 aromatic carbocycles. The summed E-state index contributed by atoms with van der Waals surface area (Å²) in [6.45, 7) is 0.570. The number of aromatic nitrogens is 1. The number of benzene rings is 2. The normalized spacial score (nSPS) is 15.8. The Morgan fingerprint density at radius 1 is 1.19 bits per heavy atom. The highest BCUT2D eigenvalue weighted by Crippen LogP contribution is 2.39. The predicted octanol–water partition coefficient (Wildman–Crippen LogP) is 3.48. The molecule has 9 heteroatoms. The molecule has 2 amide bonds. The fraction of sp³-hybridized carbons (Fsp3) is 0.261. The number of methoxy groups -OCH3 is 1. The Bertz CT molecular complexity index is 1190. The zero-order chi connectivity index (χ0) is 22.1. The van der Waals surface area contributed by atoms with Crippen LogP contribution in [0.15, 0.2) is 42.5 Å². The molecule has 2 N–H and O–H groups in total. The van der Waals surface area contributed by atoms with Gasteiger partial charge in [-0.25, -0.2) is 4.98 Å². The summed E-state index contributed by atoms with van der Waals surface area (Å²) in [4.78, 5) is 31.0. The summed E-state index contributed by atoms with van der Waals surface area (Å²) in [5.41, 5.74) is 2.17. The number of nitrogens with zero attached hydrogens (tertiary/aromatic N) is 1. The van der Waals surface area contributed by atoms with Crippen LogP contribution in [-0.2, 0) is 17.8 Å². The van der Waals surface area contributed by atoms with E-state index >= 15 is 0 Å². The maximum absolute atomic E-state index is 12.8. The molecule has 0 bridgehead atoms. The largest absolute Gasteiger partial charge is 0.497 e. The van der Waals surface area contributed by atoms with Crippen LogP contribution in [0.3, 0.4) is 0 Å². The Kier molecular flexibility index (Phi) is 5.40. The third-order valence-electron chi connectivity index (χ3n) is 5.49. The monoisotopic (exact) mass is 451 g/mol. The first-order valence-corrected chi connectivity index (χ1v) is 11.0. The molecule has 5 rings (SSSR count). The molecule has 0 saturated carbocycles. The van der Waals surface area contributed by atoms with E-state index < -0.39 is 0 Å². The molecule has 1 aromatic heterocycles. The van der Waals surface area contributed by atoms with E-state index in [0.29, 0.717) is 35.2 Å². The van der Waals surface area contributed by atoms with Crippen molar-refractivity contribution in [3.05, 3.63) is 64.2 Å². The van der Waals surface area contributed by atoms with Gasteiger partial charge >= 0.3 is 0 Å². The van der Waals surface area contributed by atoms with E-state index in [4.69, 9.17) is 14.2 Å². The number of nitrogens with one attached hydrogen (secondary N) is 2. The molecule has 8 nitrogen and oxygen atoms in total. The second-order valence-corrected chi connectivity index (χ2v) is 8.59. The standard InChI is InChI=1S/C23H21N3O5S/c1-29-15-4-2-3-13(9-15)11-24-22(28)16-6-8-19-20(16)25-23(32-19)26-21(27)14-5-7-17-18(10-14)31-12-30-17/h2-5,7,9-10,16H,6,8,11-12H2,1H3,(H,24,28)(H,25,26,27). The van der Waals surface area contributed by atoms with E-state index in [0.717, 1.165) is 28.3 Å². The van der Waals surface area contributed by atoms with Gasteiger partial charge in [-0.3, -0.25) is 14.9 Å². The van der Waals surface area contributed by atoms with E-state index in [1.807, 2.05) is 24.3 Å². The van der Waals surface area contributed by atoms with Crippen LogP contribution in [0, 0.1) is 0 Å². The van der Waals surface area contributed by atoms with Crippen LogP contribution in [0.25, 0.3) is 0 Å². The number of carbonyl (C=O) groups excluding carboxylic acids is 2. The highest BCUT2D eigenvalue weighted by molar-refractivity contribution is 7.16. The van der Waals surface area contributed by atoms with Gasteiger partial charge in [-0.05, 0) is 48.7 Å².